The molecule has 1 aliphatic heterocycles. The number of aromatic nitrogens is 1. The lowest BCUT2D eigenvalue weighted by Crippen LogP contribution is -2.31. The number of aliphatic hydroxyl groups is 1. The average Bonchev–Trinajstić information content (AvgIpc) is 3.32. The third kappa shape index (κ3) is 3.34. The van der Waals surface area contributed by atoms with Crippen molar-refractivity contribution in [3.05, 3.63) is 106 Å². The molecule has 2 aromatic carbocycles. The Labute approximate surface area is 192 Å². The zero-order chi connectivity index (χ0) is 22.4. The summed E-state index contributed by atoms with van der Waals surface area (Å²) in [6, 6.07) is 17.3. The monoisotopic (exact) mass is 464 g/mol. The molecule has 1 aliphatic rings. The van der Waals surface area contributed by atoms with E-state index in [9.17, 15) is 14.7 Å². The number of ketones is 1. The van der Waals surface area contributed by atoms with Gasteiger partial charge in [0, 0.05) is 27.3 Å². The van der Waals surface area contributed by atoms with E-state index in [1.165, 1.54) is 11.0 Å². The molecule has 32 heavy (non-hydrogen) atoms. The molecule has 0 spiro atoms. The van der Waals surface area contributed by atoms with Crippen LogP contribution in [-0.2, 0) is 4.79 Å². The number of benzene rings is 2. The van der Waals surface area contributed by atoms with Crippen molar-refractivity contribution in [1.29, 1.82) is 0 Å². The highest BCUT2D eigenvalue weighted by Crippen LogP contribution is 2.42. The maximum atomic E-state index is 13.5. The van der Waals surface area contributed by atoms with Gasteiger partial charge in [-0.15, -0.1) is 0 Å². The number of furan rings is 1. The number of hydrogen-bond acceptors (Lipinski definition) is 5. The Hall–Kier alpha value is -3.61. The van der Waals surface area contributed by atoms with Crippen LogP contribution in [0.1, 0.15) is 22.3 Å². The molecule has 0 fully saturated rings. The normalized spacial score (nSPS) is 16.2. The molecule has 2 aromatic heterocycles. The Kier molecular flexibility index (Phi) is 4.96. The summed E-state index contributed by atoms with van der Waals surface area (Å²) in [5.74, 6) is -2.04. The molecular weight excluding hydrogens is 451 g/mol. The van der Waals surface area contributed by atoms with E-state index in [4.69, 9.17) is 27.6 Å². The minimum absolute atomic E-state index is 0.0227. The van der Waals surface area contributed by atoms with Crippen LogP contribution in [-0.4, -0.2) is 21.8 Å². The first-order valence-electron chi connectivity index (χ1n) is 9.61. The zero-order valence-corrected chi connectivity index (χ0v) is 17.8. The Morgan fingerprint density at radius 3 is 2.56 bits per heavy atom. The Balaban J connectivity index is 1.66. The highest BCUT2D eigenvalue weighted by Gasteiger charge is 2.46. The average molecular weight is 465 g/mol. The van der Waals surface area contributed by atoms with Gasteiger partial charge in [0.2, 0.25) is 5.78 Å². The molecule has 0 bridgehead atoms. The van der Waals surface area contributed by atoms with E-state index >= 15 is 0 Å². The largest absolute Gasteiger partial charge is 0.503 e. The molecule has 0 radical (unpaired) electrons. The van der Waals surface area contributed by atoms with E-state index in [1.807, 2.05) is 0 Å². The van der Waals surface area contributed by atoms with Gasteiger partial charge in [0.15, 0.2) is 11.5 Å². The standard InChI is InChI=1S/C24H14Cl2N2O4/c25-14-4-3-5-16(12-14)28-21(17-6-1-2-9-27-17)20(23(30)24(28)31)22(29)19-11-13-10-15(26)7-8-18(13)32-19/h1-12,21,30H. The van der Waals surface area contributed by atoms with Crippen LogP contribution in [0.3, 0.4) is 0 Å². The van der Waals surface area contributed by atoms with E-state index < -0.39 is 23.5 Å². The number of pyridine rings is 1. The number of carbonyl (C=O) groups is 2. The predicted octanol–water partition coefficient (Wildman–Crippen LogP) is 5.92. The van der Waals surface area contributed by atoms with Crippen LogP contribution in [0, 0.1) is 0 Å². The second-order valence-corrected chi connectivity index (χ2v) is 8.07. The number of amides is 1. The first-order chi connectivity index (χ1) is 15.4. The molecule has 1 atom stereocenters. The Bertz CT molecular complexity index is 1410. The van der Waals surface area contributed by atoms with E-state index in [-0.39, 0.29) is 11.3 Å². The summed E-state index contributed by atoms with van der Waals surface area (Å²) in [6.07, 6.45) is 1.55. The number of carbonyl (C=O) groups excluding carboxylic acids is 2. The first kappa shape index (κ1) is 20.3. The number of hydrogen-bond donors (Lipinski definition) is 1. The predicted molar refractivity (Wildman–Crippen MR) is 121 cm³/mol. The lowest BCUT2D eigenvalue weighted by Gasteiger charge is -2.26. The van der Waals surface area contributed by atoms with Crippen molar-refractivity contribution in [1.82, 2.24) is 4.98 Å². The number of Topliss-reactive ketones (excluding diaryl/α,β-unsaturated/α-hetero) is 1. The quantitative estimate of drug-likeness (QED) is 0.379. The molecule has 0 saturated carbocycles. The highest BCUT2D eigenvalue weighted by molar-refractivity contribution is 6.31. The van der Waals surface area contributed by atoms with Crippen molar-refractivity contribution in [3.63, 3.8) is 0 Å². The molecule has 6 nitrogen and oxygen atoms in total. The van der Waals surface area contributed by atoms with E-state index in [2.05, 4.69) is 4.98 Å². The molecule has 158 valence electrons. The van der Waals surface area contributed by atoms with Gasteiger partial charge >= 0.3 is 0 Å². The smallest absolute Gasteiger partial charge is 0.294 e. The summed E-state index contributed by atoms with van der Waals surface area (Å²) < 4.78 is 5.70. The van der Waals surface area contributed by atoms with Gasteiger partial charge in [0.05, 0.1) is 11.3 Å². The van der Waals surface area contributed by atoms with Crippen LogP contribution >= 0.6 is 23.2 Å². The van der Waals surface area contributed by atoms with E-state index in [0.717, 1.165) is 0 Å². The van der Waals surface area contributed by atoms with Gasteiger partial charge < -0.3 is 9.52 Å². The van der Waals surface area contributed by atoms with Crippen molar-refractivity contribution >= 4 is 51.5 Å². The van der Waals surface area contributed by atoms with Crippen LogP contribution in [0.25, 0.3) is 11.0 Å². The van der Waals surface area contributed by atoms with Crippen molar-refractivity contribution in [2.75, 3.05) is 4.90 Å². The summed E-state index contributed by atoms with van der Waals surface area (Å²) in [6.45, 7) is 0. The van der Waals surface area contributed by atoms with Gasteiger partial charge in [-0.25, -0.2) is 0 Å². The van der Waals surface area contributed by atoms with Crippen LogP contribution in [0.2, 0.25) is 10.0 Å². The molecule has 3 heterocycles. The number of rotatable bonds is 4. The molecule has 0 aliphatic carbocycles. The number of aliphatic hydroxyl groups excluding tert-OH is 1. The molecular formula is C24H14Cl2N2O4. The summed E-state index contributed by atoms with van der Waals surface area (Å²) in [5.41, 5.74) is 1.17. The lowest BCUT2D eigenvalue weighted by molar-refractivity contribution is -0.117. The number of anilines is 1. The van der Waals surface area contributed by atoms with Crippen LogP contribution in [0.15, 0.2) is 88.7 Å². The van der Waals surface area contributed by atoms with E-state index in [1.54, 1.807) is 66.9 Å². The van der Waals surface area contributed by atoms with Crippen LogP contribution in [0.4, 0.5) is 5.69 Å². The van der Waals surface area contributed by atoms with Gasteiger partial charge in [0.25, 0.3) is 5.91 Å². The first-order valence-corrected chi connectivity index (χ1v) is 10.4. The minimum Gasteiger partial charge on any atom is -0.503 e. The minimum atomic E-state index is -0.966. The molecule has 5 rings (SSSR count). The third-order valence-corrected chi connectivity index (χ3v) is 5.68. The van der Waals surface area contributed by atoms with Gasteiger partial charge in [-0.2, -0.15) is 0 Å². The fourth-order valence-electron chi connectivity index (χ4n) is 3.81. The number of nitrogens with zero attached hydrogens (tertiary/aromatic N) is 2. The van der Waals surface area contributed by atoms with Crippen molar-refractivity contribution < 1.29 is 19.1 Å². The number of halogens is 2. The molecule has 1 amide bonds. The van der Waals surface area contributed by atoms with Crippen molar-refractivity contribution in [2.45, 2.75) is 6.04 Å². The van der Waals surface area contributed by atoms with Gasteiger partial charge in [0.1, 0.15) is 11.6 Å². The van der Waals surface area contributed by atoms with Crippen LogP contribution < -0.4 is 4.90 Å². The lowest BCUT2D eigenvalue weighted by atomic mass is 9.98. The van der Waals surface area contributed by atoms with Crippen molar-refractivity contribution in [2.24, 2.45) is 0 Å². The molecule has 4 aromatic rings. The van der Waals surface area contributed by atoms with Crippen molar-refractivity contribution in [3.8, 4) is 0 Å². The van der Waals surface area contributed by atoms with Gasteiger partial charge in [-0.1, -0.05) is 35.3 Å². The SMILES string of the molecule is O=C(C1=C(O)C(=O)N(c2cccc(Cl)c2)C1c1ccccn1)c1cc2cc(Cl)ccc2o1. The Morgan fingerprint density at radius 1 is 1.00 bits per heavy atom. The van der Waals surface area contributed by atoms with E-state index in [0.29, 0.717) is 32.4 Å². The second-order valence-electron chi connectivity index (χ2n) is 7.20. The fraction of sp³-hybridized carbons (Fsp3) is 0.0417. The zero-order valence-electron chi connectivity index (χ0n) is 16.3. The maximum absolute atomic E-state index is 13.5. The fourth-order valence-corrected chi connectivity index (χ4v) is 4.17. The van der Waals surface area contributed by atoms with Gasteiger partial charge in [-0.05, 0) is 54.6 Å². The number of fused-ring (bicyclic) bond motifs is 1. The van der Waals surface area contributed by atoms with Crippen LogP contribution in [0.5, 0.6) is 0 Å². The molecule has 1 N–H and O–H groups in total. The molecule has 1 unspecified atom stereocenters. The highest BCUT2D eigenvalue weighted by atomic mass is 35.5. The Morgan fingerprint density at radius 2 is 1.81 bits per heavy atom. The molecule has 0 saturated heterocycles. The van der Waals surface area contributed by atoms with Gasteiger partial charge in [-0.3, -0.25) is 19.5 Å². The summed E-state index contributed by atoms with van der Waals surface area (Å²) in [4.78, 5) is 32.3. The second kappa shape index (κ2) is 7.82. The summed E-state index contributed by atoms with van der Waals surface area (Å²) in [7, 11) is 0. The topological polar surface area (TPSA) is 83.6 Å². The summed E-state index contributed by atoms with van der Waals surface area (Å²) >= 11 is 12.2. The third-order valence-electron chi connectivity index (χ3n) is 5.21. The maximum Gasteiger partial charge on any atom is 0.294 e. The summed E-state index contributed by atoms with van der Waals surface area (Å²) in [5, 5.41) is 12.3. The molecule has 8 heteroatoms.